The summed E-state index contributed by atoms with van der Waals surface area (Å²) in [7, 11) is 0. The minimum atomic E-state index is 0.572. The number of hydrogen-bond donors (Lipinski definition) is 1. The van der Waals surface area contributed by atoms with Crippen LogP contribution in [0.5, 0.6) is 0 Å². The van der Waals surface area contributed by atoms with E-state index in [-0.39, 0.29) is 0 Å². The molecule has 2 rings (SSSR count). The normalized spacial score (nSPS) is 26.6. The lowest BCUT2D eigenvalue weighted by molar-refractivity contribution is 0.651. The Morgan fingerprint density at radius 3 is 3.06 bits per heavy atom. The van der Waals surface area contributed by atoms with Gasteiger partial charge in [-0.2, -0.15) is 11.8 Å². The lowest BCUT2D eigenvalue weighted by atomic mass is 10.3. The van der Waals surface area contributed by atoms with E-state index in [9.17, 15) is 0 Å². The summed E-state index contributed by atoms with van der Waals surface area (Å²) in [6.07, 6.45) is 4.11. The second-order valence-corrected chi connectivity index (χ2v) is 7.29. The fraction of sp³-hybridized carbons (Fsp3) is 0.917. The van der Waals surface area contributed by atoms with Crippen LogP contribution in [0.2, 0.25) is 0 Å². The van der Waals surface area contributed by atoms with Crippen LogP contribution in [0.3, 0.4) is 0 Å². The Balaban J connectivity index is 1.61. The van der Waals surface area contributed by atoms with Crippen molar-refractivity contribution in [3.63, 3.8) is 0 Å². The molecule has 1 fully saturated rings. The van der Waals surface area contributed by atoms with E-state index < -0.39 is 0 Å². The van der Waals surface area contributed by atoms with Crippen molar-refractivity contribution >= 4 is 28.7 Å². The largest absolute Gasteiger partial charge is 0.362 e. The van der Waals surface area contributed by atoms with Crippen LogP contribution in [0.1, 0.15) is 33.1 Å². The van der Waals surface area contributed by atoms with Crippen LogP contribution in [-0.2, 0) is 0 Å². The van der Waals surface area contributed by atoms with Crippen molar-refractivity contribution in [3.8, 4) is 0 Å². The van der Waals surface area contributed by atoms with Gasteiger partial charge in [0.05, 0.1) is 6.54 Å². The molecule has 0 aromatic heterocycles. The topological polar surface area (TPSA) is 24.4 Å². The van der Waals surface area contributed by atoms with Gasteiger partial charge in [-0.3, -0.25) is 4.99 Å². The van der Waals surface area contributed by atoms with Gasteiger partial charge >= 0.3 is 0 Å². The summed E-state index contributed by atoms with van der Waals surface area (Å²) >= 11 is 4.00. The summed E-state index contributed by atoms with van der Waals surface area (Å²) in [5, 5.41) is 5.54. The molecule has 0 amide bonds. The molecule has 2 unspecified atom stereocenters. The maximum absolute atomic E-state index is 4.61. The monoisotopic (exact) mass is 258 g/mol. The minimum absolute atomic E-state index is 0.572. The number of nitrogens with zero attached hydrogens (tertiary/aromatic N) is 1. The second kappa shape index (κ2) is 6.20. The van der Waals surface area contributed by atoms with Crippen LogP contribution in [0.15, 0.2) is 4.99 Å². The summed E-state index contributed by atoms with van der Waals surface area (Å²) in [6.45, 7) is 5.54. The molecule has 0 bridgehead atoms. The zero-order chi connectivity index (χ0) is 11.4. The van der Waals surface area contributed by atoms with Crippen molar-refractivity contribution < 1.29 is 0 Å². The Labute approximate surface area is 107 Å². The third-order valence-corrected chi connectivity index (χ3v) is 5.33. The first-order chi connectivity index (χ1) is 7.79. The highest BCUT2D eigenvalue weighted by molar-refractivity contribution is 8.14. The standard InChI is InChI=1S/C12H22N2S2/c1-3-15-7-6-9(2)14-12-13-8-11(16-12)10-4-5-10/h9-11H,3-8H2,1-2H3,(H,13,14). The molecule has 0 radical (unpaired) electrons. The van der Waals surface area contributed by atoms with E-state index in [1.54, 1.807) is 0 Å². The summed E-state index contributed by atoms with van der Waals surface area (Å²) in [4.78, 5) is 4.61. The smallest absolute Gasteiger partial charge is 0.157 e. The van der Waals surface area contributed by atoms with Crippen LogP contribution >= 0.6 is 23.5 Å². The van der Waals surface area contributed by atoms with Crippen LogP contribution in [0.25, 0.3) is 0 Å². The van der Waals surface area contributed by atoms with E-state index in [1.807, 2.05) is 23.5 Å². The number of nitrogens with one attached hydrogen (secondary N) is 1. The molecule has 4 heteroatoms. The summed E-state index contributed by atoms with van der Waals surface area (Å²) < 4.78 is 0. The van der Waals surface area contributed by atoms with Gasteiger partial charge in [0.1, 0.15) is 0 Å². The first kappa shape index (κ1) is 12.6. The van der Waals surface area contributed by atoms with Gasteiger partial charge in [0.2, 0.25) is 0 Å². The van der Waals surface area contributed by atoms with Crippen LogP contribution in [0.4, 0.5) is 0 Å². The molecule has 2 atom stereocenters. The lowest BCUT2D eigenvalue weighted by Crippen LogP contribution is -2.30. The van der Waals surface area contributed by atoms with E-state index in [4.69, 9.17) is 0 Å². The van der Waals surface area contributed by atoms with Gasteiger partial charge in [-0.05, 0) is 43.6 Å². The molecule has 1 aliphatic heterocycles. The van der Waals surface area contributed by atoms with Gasteiger partial charge in [0.15, 0.2) is 5.17 Å². The predicted molar refractivity (Wildman–Crippen MR) is 76.6 cm³/mol. The van der Waals surface area contributed by atoms with E-state index in [0.29, 0.717) is 6.04 Å². The molecule has 0 saturated heterocycles. The predicted octanol–water partition coefficient (Wildman–Crippen LogP) is 2.99. The second-order valence-electron chi connectivity index (χ2n) is 4.67. The molecular formula is C12H22N2S2. The minimum Gasteiger partial charge on any atom is -0.362 e. The van der Waals surface area contributed by atoms with Crippen molar-refractivity contribution in [1.82, 2.24) is 5.32 Å². The molecule has 1 saturated carbocycles. The van der Waals surface area contributed by atoms with E-state index in [0.717, 1.165) is 17.7 Å². The van der Waals surface area contributed by atoms with Crippen LogP contribution in [0, 0.1) is 5.92 Å². The molecule has 2 aliphatic rings. The Morgan fingerprint density at radius 2 is 2.38 bits per heavy atom. The average molecular weight is 258 g/mol. The summed E-state index contributed by atoms with van der Waals surface area (Å²) in [6, 6.07) is 0.572. The molecular weight excluding hydrogens is 236 g/mol. The first-order valence-electron chi connectivity index (χ1n) is 6.35. The third kappa shape index (κ3) is 3.88. The fourth-order valence-electron chi connectivity index (χ4n) is 1.87. The Morgan fingerprint density at radius 1 is 1.56 bits per heavy atom. The summed E-state index contributed by atoms with van der Waals surface area (Å²) in [5.41, 5.74) is 0. The highest BCUT2D eigenvalue weighted by Crippen LogP contribution is 2.41. The number of thioether (sulfide) groups is 2. The van der Waals surface area contributed by atoms with Gasteiger partial charge < -0.3 is 5.32 Å². The quantitative estimate of drug-likeness (QED) is 0.741. The fourth-order valence-corrected chi connectivity index (χ4v) is 4.00. The number of hydrogen-bond acceptors (Lipinski definition) is 4. The van der Waals surface area contributed by atoms with Gasteiger partial charge in [0.25, 0.3) is 0 Å². The van der Waals surface area contributed by atoms with Crippen molar-refractivity contribution in [2.45, 2.75) is 44.4 Å². The third-order valence-electron chi connectivity index (χ3n) is 3.09. The van der Waals surface area contributed by atoms with Crippen molar-refractivity contribution in [2.24, 2.45) is 10.9 Å². The van der Waals surface area contributed by atoms with Crippen molar-refractivity contribution in [1.29, 1.82) is 0 Å². The van der Waals surface area contributed by atoms with Crippen LogP contribution < -0.4 is 5.32 Å². The average Bonchev–Trinajstić information content (AvgIpc) is 3.01. The number of aliphatic imine (C=N–C) groups is 1. The SMILES string of the molecule is CCSCCC(C)NC1=NCC(C2CC2)S1. The molecule has 1 N–H and O–H groups in total. The Kier molecular flexibility index (Phi) is 4.89. The molecule has 2 nitrogen and oxygen atoms in total. The zero-order valence-electron chi connectivity index (χ0n) is 10.2. The number of rotatable bonds is 6. The van der Waals surface area contributed by atoms with Gasteiger partial charge in [-0.25, -0.2) is 0 Å². The van der Waals surface area contributed by atoms with Gasteiger partial charge in [0, 0.05) is 11.3 Å². The molecule has 0 aromatic rings. The first-order valence-corrected chi connectivity index (χ1v) is 8.38. The lowest BCUT2D eigenvalue weighted by Gasteiger charge is -2.14. The van der Waals surface area contributed by atoms with E-state index in [1.165, 1.54) is 35.9 Å². The van der Waals surface area contributed by atoms with Crippen molar-refractivity contribution in [3.05, 3.63) is 0 Å². The molecule has 1 aliphatic carbocycles. The highest BCUT2D eigenvalue weighted by atomic mass is 32.2. The highest BCUT2D eigenvalue weighted by Gasteiger charge is 2.35. The molecule has 0 spiro atoms. The molecule has 1 heterocycles. The zero-order valence-corrected chi connectivity index (χ0v) is 11.9. The molecule has 92 valence electrons. The van der Waals surface area contributed by atoms with E-state index >= 15 is 0 Å². The van der Waals surface area contributed by atoms with Gasteiger partial charge in [-0.1, -0.05) is 18.7 Å². The summed E-state index contributed by atoms with van der Waals surface area (Å²) in [5.74, 6) is 3.46. The maximum atomic E-state index is 4.61. The van der Waals surface area contributed by atoms with Crippen molar-refractivity contribution in [2.75, 3.05) is 18.1 Å². The molecule has 16 heavy (non-hydrogen) atoms. The number of amidine groups is 1. The van der Waals surface area contributed by atoms with E-state index in [2.05, 4.69) is 24.2 Å². The Bertz CT molecular complexity index is 251. The maximum Gasteiger partial charge on any atom is 0.157 e. The van der Waals surface area contributed by atoms with Gasteiger partial charge in [-0.15, -0.1) is 0 Å². The molecule has 0 aromatic carbocycles. The van der Waals surface area contributed by atoms with Crippen LogP contribution in [-0.4, -0.2) is 34.5 Å². The Hall–Kier alpha value is 0.170.